The Bertz CT molecular complexity index is 882. The second-order valence-electron chi connectivity index (χ2n) is 6.15. The van der Waals surface area contributed by atoms with Crippen molar-refractivity contribution in [2.45, 2.75) is 13.8 Å². The number of benzene rings is 2. The number of hydrogen-bond donors (Lipinski definition) is 2. The van der Waals surface area contributed by atoms with Gasteiger partial charge in [0.05, 0.1) is 0 Å². The van der Waals surface area contributed by atoms with Gasteiger partial charge in [-0.05, 0) is 49.5 Å². The van der Waals surface area contributed by atoms with Crippen LogP contribution in [0, 0.1) is 0 Å². The van der Waals surface area contributed by atoms with Crippen molar-refractivity contribution in [2.75, 3.05) is 39.4 Å². The first-order valence-corrected chi connectivity index (χ1v) is 10.2. The molecule has 1 heterocycles. The molecule has 6 heteroatoms. The van der Waals surface area contributed by atoms with Crippen LogP contribution < -0.4 is 25.5 Å². The van der Waals surface area contributed by atoms with Crippen molar-refractivity contribution < 1.29 is 9.47 Å². The highest BCUT2D eigenvalue weighted by Gasteiger charge is 2.09. The minimum atomic E-state index is 0.0213. The topological polar surface area (TPSA) is 59.6 Å². The monoisotopic (exact) mass is 386 g/mol. The molecule has 3 rings (SSSR count). The van der Waals surface area contributed by atoms with Crippen LogP contribution >= 0.6 is 11.3 Å². The van der Waals surface area contributed by atoms with E-state index < -0.39 is 0 Å². The van der Waals surface area contributed by atoms with Crippen LogP contribution in [0.15, 0.2) is 41.2 Å². The van der Waals surface area contributed by atoms with E-state index in [-0.39, 0.29) is 5.43 Å². The van der Waals surface area contributed by atoms with Gasteiger partial charge in [-0.3, -0.25) is 4.79 Å². The van der Waals surface area contributed by atoms with E-state index in [4.69, 9.17) is 9.47 Å². The molecule has 1 aromatic heterocycles. The molecule has 2 N–H and O–H groups in total. The van der Waals surface area contributed by atoms with Gasteiger partial charge in [-0.25, -0.2) is 0 Å². The van der Waals surface area contributed by atoms with E-state index in [0.717, 1.165) is 47.1 Å². The average molecular weight is 387 g/mol. The van der Waals surface area contributed by atoms with Crippen molar-refractivity contribution in [3.05, 3.63) is 46.6 Å². The summed E-state index contributed by atoms with van der Waals surface area (Å²) in [5.74, 6) is 1.45. The van der Waals surface area contributed by atoms with Gasteiger partial charge >= 0.3 is 0 Å². The summed E-state index contributed by atoms with van der Waals surface area (Å²) in [4.78, 5) is 13.0. The van der Waals surface area contributed by atoms with E-state index in [1.807, 2.05) is 36.4 Å². The highest BCUT2D eigenvalue weighted by atomic mass is 32.1. The normalized spacial score (nSPS) is 11.2. The molecule has 0 atom stereocenters. The maximum Gasteiger partial charge on any atom is 0.196 e. The molecular formula is C21H26N2O3S. The molecule has 0 fully saturated rings. The molecule has 144 valence electrons. The van der Waals surface area contributed by atoms with Gasteiger partial charge in [0.2, 0.25) is 0 Å². The van der Waals surface area contributed by atoms with Crippen LogP contribution in [0.25, 0.3) is 20.2 Å². The zero-order chi connectivity index (χ0) is 19.1. The Morgan fingerprint density at radius 1 is 0.815 bits per heavy atom. The summed E-state index contributed by atoms with van der Waals surface area (Å²) in [6.45, 7) is 8.67. The number of ether oxygens (including phenoxy) is 2. The number of likely N-dealkylation sites (N-methyl/N-ethyl adjacent to an activating group) is 2. The summed E-state index contributed by atoms with van der Waals surface area (Å²) in [7, 11) is 0. The molecule has 0 aliphatic carbocycles. The molecule has 0 spiro atoms. The molecule has 0 aliphatic rings. The Labute approximate surface area is 163 Å². The number of hydrogen-bond acceptors (Lipinski definition) is 6. The van der Waals surface area contributed by atoms with Crippen LogP contribution in [0.2, 0.25) is 0 Å². The zero-order valence-corrected chi connectivity index (χ0v) is 16.7. The lowest BCUT2D eigenvalue weighted by atomic mass is 10.1. The van der Waals surface area contributed by atoms with Gasteiger partial charge < -0.3 is 20.1 Å². The van der Waals surface area contributed by atoms with Crippen LogP contribution in [0.1, 0.15) is 13.8 Å². The van der Waals surface area contributed by atoms with E-state index in [0.29, 0.717) is 24.0 Å². The van der Waals surface area contributed by atoms with Crippen LogP contribution in [0.4, 0.5) is 0 Å². The fourth-order valence-corrected chi connectivity index (χ4v) is 3.86. The van der Waals surface area contributed by atoms with Crippen molar-refractivity contribution in [2.24, 2.45) is 0 Å². The van der Waals surface area contributed by atoms with Gasteiger partial charge in [0.15, 0.2) is 5.43 Å². The maximum absolute atomic E-state index is 13.0. The van der Waals surface area contributed by atoms with E-state index in [9.17, 15) is 4.79 Å². The molecule has 0 amide bonds. The van der Waals surface area contributed by atoms with Crippen LogP contribution in [0.5, 0.6) is 11.5 Å². The molecule has 0 aliphatic heterocycles. The predicted octanol–water partition coefficient (Wildman–Crippen LogP) is 3.39. The number of nitrogens with one attached hydrogen (secondary N) is 2. The second-order valence-corrected chi connectivity index (χ2v) is 7.23. The lowest BCUT2D eigenvalue weighted by molar-refractivity contribution is 0.316. The zero-order valence-electron chi connectivity index (χ0n) is 15.8. The van der Waals surface area contributed by atoms with Crippen molar-refractivity contribution in [3.8, 4) is 11.5 Å². The second kappa shape index (κ2) is 9.69. The first kappa shape index (κ1) is 19.6. The minimum absolute atomic E-state index is 0.0213. The van der Waals surface area contributed by atoms with Crippen molar-refractivity contribution >= 4 is 31.5 Å². The summed E-state index contributed by atoms with van der Waals surface area (Å²) in [5, 5.41) is 7.82. The SMILES string of the molecule is CCNCCOc1ccc2sc3ccc(OCCNCC)cc3c(=O)c2c1. The standard InChI is InChI=1S/C21H26N2O3S/c1-3-22-9-11-25-15-5-7-19-17(13-15)21(24)18-14-16(6-8-20(18)27-19)26-12-10-23-4-2/h5-8,13-14,22-23H,3-4,9-12H2,1-2H3. The molecule has 5 nitrogen and oxygen atoms in total. The third kappa shape index (κ3) is 4.97. The average Bonchev–Trinajstić information content (AvgIpc) is 2.69. The summed E-state index contributed by atoms with van der Waals surface area (Å²) >= 11 is 1.61. The van der Waals surface area contributed by atoms with Crippen LogP contribution in [-0.2, 0) is 0 Å². The first-order chi connectivity index (χ1) is 13.2. The highest BCUT2D eigenvalue weighted by Crippen LogP contribution is 2.29. The Hall–Kier alpha value is -2.15. The minimum Gasteiger partial charge on any atom is -0.492 e. The molecule has 0 unspecified atom stereocenters. The predicted molar refractivity (Wildman–Crippen MR) is 114 cm³/mol. The molecular weight excluding hydrogens is 360 g/mol. The molecule has 3 aromatic rings. The molecule has 0 radical (unpaired) electrons. The maximum atomic E-state index is 13.0. The van der Waals surface area contributed by atoms with Gasteiger partial charge in [0, 0.05) is 33.3 Å². The molecule has 0 saturated heterocycles. The number of fused-ring (bicyclic) bond motifs is 2. The summed E-state index contributed by atoms with van der Waals surface area (Å²) in [6.07, 6.45) is 0. The lowest BCUT2D eigenvalue weighted by Crippen LogP contribution is -2.20. The van der Waals surface area contributed by atoms with Gasteiger partial charge in [0.1, 0.15) is 24.7 Å². The van der Waals surface area contributed by atoms with E-state index in [1.165, 1.54) is 0 Å². The van der Waals surface area contributed by atoms with Gasteiger partial charge in [-0.15, -0.1) is 11.3 Å². The summed E-state index contributed by atoms with van der Waals surface area (Å²) in [5.41, 5.74) is 0.0213. The van der Waals surface area contributed by atoms with E-state index in [2.05, 4.69) is 24.5 Å². The smallest absolute Gasteiger partial charge is 0.196 e. The summed E-state index contributed by atoms with van der Waals surface area (Å²) in [6, 6.07) is 11.5. The van der Waals surface area contributed by atoms with Crippen LogP contribution in [-0.4, -0.2) is 39.4 Å². The van der Waals surface area contributed by atoms with Gasteiger partial charge in [0.25, 0.3) is 0 Å². The quantitative estimate of drug-likeness (QED) is 0.413. The van der Waals surface area contributed by atoms with Gasteiger partial charge in [-0.1, -0.05) is 13.8 Å². The van der Waals surface area contributed by atoms with Crippen LogP contribution in [0.3, 0.4) is 0 Å². The highest BCUT2D eigenvalue weighted by molar-refractivity contribution is 7.24. The fourth-order valence-electron chi connectivity index (χ4n) is 2.83. The molecule has 0 saturated carbocycles. The van der Waals surface area contributed by atoms with Crippen molar-refractivity contribution in [1.29, 1.82) is 0 Å². The largest absolute Gasteiger partial charge is 0.492 e. The van der Waals surface area contributed by atoms with E-state index in [1.54, 1.807) is 11.3 Å². The number of rotatable bonds is 10. The molecule has 2 aromatic carbocycles. The Morgan fingerprint density at radius 2 is 1.30 bits per heavy atom. The van der Waals surface area contributed by atoms with Gasteiger partial charge in [-0.2, -0.15) is 0 Å². The Balaban J connectivity index is 1.86. The summed E-state index contributed by atoms with van der Waals surface area (Å²) < 4.78 is 13.4. The van der Waals surface area contributed by atoms with E-state index >= 15 is 0 Å². The molecule has 27 heavy (non-hydrogen) atoms. The third-order valence-corrected chi connectivity index (χ3v) is 5.36. The third-order valence-electron chi connectivity index (χ3n) is 4.21. The lowest BCUT2D eigenvalue weighted by Gasteiger charge is -2.09. The van der Waals surface area contributed by atoms with Crippen molar-refractivity contribution in [1.82, 2.24) is 10.6 Å². The van der Waals surface area contributed by atoms with Crippen molar-refractivity contribution in [3.63, 3.8) is 0 Å². The Kier molecular flexibility index (Phi) is 7.04. The first-order valence-electron chi connectivity index (χ1n) is 9.40. The fraction of sp³-hybridized carbons (Fsp3) is 0.381. The molecule has 0 bridgehead atoms. The Morgan fingerprint density at radius 3 is 1.74 bits per heavy atom.